The van der Waals surface area contributed by atoms with Gasteiger partial charge in [0.2, 0.25) is 0 Å². The van der Waals surface area contributed by atoms with Gasteiger partial charge in [-0.3, -0.25) is 4.68 Å². The van der Waals surface area contributed by atoms with Crippen LogP contribution in [0.4, 0.5) is 0 Å². The maximum Gasteiger partial charge on any atom is 0.0521 e. The molecule has 12 heavy (non-hydrogen) atoms. The highest BCUT2D eigenvalue weighted by molar-refractivity contribution is 5.12. The van der Waals surface area contributed by atoms with Gasteiger partial charge in [-0.1, -0.05) is 6.08 Å². The van der Waals surface area contributed by atoms with Crippen molar-refractivity contribution in [1.29, 1.82) is 0 Å². The van der Waals surface area contributed by atoms with Gasteiger partial charge >= 0.3 is 0 Å². The van der Waals surface area contributed by atoms with Crippen molar-refractivity contribution in [3.8, 4) is 0 Å². The summed E-state index contributed by atoms with van der Waals surface area (Å²) in [7, 11) is 0. The van der Waals surface area contributed by atoms with E-state index in [2.05, 4.69) is 30.2 Å². The van der Waals surface area contributed by atoms with Crippen LogP contribution in [0.25, 0.3) is 0 Å². The Bertz CT molecular complexity index is 261. The molecular weight excluding hydrogens is 148 g/mol. The van der Waals surface area contributed by atoms with Gasteiger partial charge in [-0.15, -0.1) is 6.58 Å². The average Bonchev–Trinajstić information content (AvgIpc) is 2.36. The Hall–Kier alpha value is -1.05. The first-order valence-corrected chi connectivity index (χ1v) is 4.35. The van der Waals surface area contributed by atoms with Crippen molar-refractivity contribution in [2.24, 2.45) is 0 Å². The average molecular weight is 164 g/mol. The lowest BCUT2D eigenvalue weighted by molar-refractivity contribution is 0.569. The summed E-state index contributed by atoms with van der Waals surface area (Å²) in [5, 5.41) is 4.27. The van der Waals surface area contributed by atoms with Gasteiger partial charge in [-0.05, 0) is 32.3 Å². The zero-order valence-electron chi connectivity index (χ0n) is 7.88. The molecule has 1 aromatic heterocycles. The maximum absolute atomic E-state index is 4.27. The fourth-order valence-electron chi connectivity index (χ4n) is 1.15. The topological polar surface area (TPSA) is 17.8 Å². The van der Waals surface area contributed by atoms with E-state index < -0.39 is 0 Å². The SMILES string of the molecule is C=CCCCn1ncc(C)c1C. The Morgan fingerprint density at radius 1 is 1.58 bits per heavy atom. The molecule has 66 valence electrons. The molecule has 0 unspecified atom stereocenters. The summed E-state index contributed by atoms with van der Waals surface area (Å²) in [4.78, 5) is 0. The summed E-state index contributed by atoms with van der Waals surface area (Å²) < 4.78 is 2.05. The second-order valence-corrected chi connectivity index (χ2v) is 3.07. The van der Waals surface area contributed by atoms with E-state index in [-0.39, 0.29) is 0 Å². The number of hydrogen-bond acceptors (Lipinski definition) is 1. The van der Waals surface area contributed by atoms with Crippen molar-refractivity contribution in [2.75, 3.05) is 0 Å². The molecule has 0 saturated carbocycles. The predicted octanol–water partition coefficient (Wildman–Crippen LogP) is 2.47. The molecule has 1 aromatic rings. The Morgan fingerprint density at radius 2 is 2.33 bits per heavy atom. The summed E-state index contributed by atoms with van der Waals surface area (Å²) in [6.07, 6.45) is 6.07. The fourth-order valence-corrected chi connectivity index (χ4v) is 1.15. The molecule has 0 spiro atoms. The molecule has 0 aliphatic rings. The second kappa shape index (κ2) is 4.10. The molecule has 0 aliphatic carbocycles. The van der Waals surface area contributed by atoms with Crippen LogP contribution in [0.3, 0.4) is 0 Å². The highest BCUT2D eigenvalue weighted by Gasteiger charge is 1.99. The Kier molecular flexibility index (Phi) is 3.09. The molecule has 0 aromatic carbocycles. The summed E-state index contributed by atoms with van der Waals surface area (Å²) >= 11 is 0. The zero-order valence-corrected chi connectivity index (χ0v) is 7.88. The van der Waals surface area contributed by atoms with Crippen LogP contribution in [0, 0.1) is 13.8 Å². The van der Waals surface area contributed by atoms with Crippen molar-refractivity contribution in [2.45, 2.75) is 33.2 Å². The summed E-state index contributed by atoms with van der Waals surface area (Å²) in [6.45, 7) is 8.89. The predicted molar refractivity (Wildman–Crippen MR) is 51.1 cm³/mol. The fraction of sp³-hybridized carbons (Fsp3) is 0.500. The quantitative estimate of drug-likeness (QED) is 0.493. The second-order valence-electron chi connectivity index (χ2n) is 3.07. The van der Waals surface area contributed by atoms with E-state index >= 15 is 0 Å². The molecule has 0 atom stereocenters. The standard InChI is InChI=1S/C10H16N2/c1-4-5-6-7-12-10(3)9(2)8-11-12/h4,8H,1,5-7H2,2-3H3. The van der Waals surface area contributed by atoms with Crippen LogP contribution in [-0.2, 0) is 6.54 Å². The van der Waals surface area contributed by atoms with E-state index in [1.54, 1.807) is 0 Å². The van der Waals surface area contributed by atoms with Gasteiger partial charge < -0.3 is 0 Å². The third-order valence-corrected chi connectivity index (χ3v) is 2.13. The number of unbranched alkanes of at least 4 members (excludes halogenated alkanes) is 1. The van der Waals surface area contributed by atoms with Gasteiger partial charge in [0.1, 0.15) is 0 Å². The van der Waals surface area contributed by atoms with E-state index in [0.717, 1.165) is 19.4 Å². The number of allylic oxidation sites excluding steroid dienone is 1. The van der Waals surface area contributed by atoms with Gasteiger partial charge in [-0.2, -0.15) is 5.10 Å². The molecule has 2 heteroatoms. The minimum Gasteiger partial charge on any atom is -0.270 e. The first-order valence-electron chi connectivity index (χ1n) is 4.35. The lowest BCUT2D eigenvalue weighted by Gasteiger charge is -2.02. The smallest absolute Gasteiger partial charge is 0.0521 e. The number of nitrogens with zero attached hydrogens (tertiary/aromatic N) is 2. The van der Waals surface area contributed by atoms with Crippen LogP contribution < -0.4 is 0 Å². The van der Waals surface area contributed by atoms with Crippen LogP contribution >= 0.6 is 0 Å². The summed E-state index contributed by atoms with van der Waals surface area (Å²) in [5.41, 5.74) is 2.55. The van der Waals surface area contributed by atoms with Crippen LogP contribution in [0.5, 0.6) is 0 Å². The molecule has 0 fully saturated rings. The molecule has 0 amide bonds. The monoisotopic (exact) mass is 164 g/mol. The molecule has 2 nitrogen and oxygen atoms in total. The van der Waals surface area contributed by atoms with Crippen molar-refractivity contribution < 1.29 is 0 Å². The Labute approximate surface area is 73.9 Å². The highest BCUT2D eigenvalue weighted by Crippen LogP contribution is 2.06. The highest BCUT2D eigenvalue weighted by atomic mass is 15.3. The van der Waals surface area contributed by atoms with Gasteiger partial charge in [0, 0.05) is 12.2 Å². The number of rotatable bonds is 4. The van der Waals surface area contributed by atoms with Crippen LogP contribution in [0.2, 0.25) is 0 Å². The minimum atomic E-state index is 1.01. The number of aromatic nitrogens is 2. The first-order chi connectivity index (χ1) is 5.75. The number of hydrogen-bond donors (Lipinski definition) is 0. The van der Waals surface area contributed by atoms with Crippen molar-refractivity contribution >= 4 is 0 Å². The van der Waals surface area contributed by atoms with Crippen molar-refractivity contribution in [3.05, 3.63) is 30.1 Å². The minimum absolute atomic E-state index is 1.01. The summed E-state index contributed by atoms with van der Waals surface area (Å²) in [5.74, 6) is 0. The normalized spacial score (nSPS) is 10.2. The van der Waals surface area contributed by atoms with E-state index in [1.165, 1.54) is 11.3 Å². The largest absolute Gasteiger partial charge is 0.270 e. The zero-order chi connectivity index (χ0) is 8.97. The van der Waals surface area contributed by atoms with Crippen LogP contribution in [0.1, 0.15) is 24.1 Å². The van der Waals surface area contributed by atoms with E-state index in [9.17, 15) is 0 Å². The van der Waals surface area contributed by atoms with E-state index in [0.29, 0.717) is 0 Å². The Morgan fingerprint density at radius 3 is 2.83 bits per heavy atom. The third kappa shape index (κ3) is 1.97. The molecule has 1 rings (SSSR count). The molecule has 0 aliphatic heterocycles. The molecule has 0 N–H and O–H groups in total. The third-order valence-electron chi connectivity index (χ3n) is 2.13. The first kappa shape index (κ1) is 9.04. The molecule has 0 bridgehead atoms. The summed E-state index contributed by atoms with van der Waals surface area (Å²) in [6, 6.07) is 0. The lowest BCUT2D eigenvalue weighted by atomic mass is 10.3. The molecule has 0 radical (unpaired) electrons. The lowest BCUT2D eigenvalue weighted by Crippen LogP contribution is -2.01. The van der Waals surface area contributed by atoms with Crippen LogP contribution in [-0.4, -0.2) is 9.78 Å². The van der Waals surface area contributed by atoms with Gasteiger partial charge in [0.05, 0.1) is 6.20 Å². The van der Waals surface area contributed by atoms with Gasteiger partial charge in [0.15, 0.2) is 0 Å². The number of aryl methyl sites for hydroxylation is 2. The molecule has 1 heterocycles. The van der Waals surface area contributed by atoms with Crippen molar-refractivity contribution in [3.63, 3.8) is 0 Å². The van der Waals surface area contributed by atoms with Gasteiger partial charge in [-0.25, -0.2) is 0 Å². The molecular formula is C10H16N2. The van der Waals surface area contributed by atoms with Crippen LogP contribution in [0.15, 0.2) is 18.9 Å². The maximum atomic E-state index is 4.27. The molecule has 0 saturated heterocycles. The van der Waals surface area contributed by atoms with Gasteiger partial charge in [0.25, 0.3) is 0 Å². The van der Waals surface area contributed by atoms with Crippen molar-refractivity contribution in [1.82, 2.24) is 9.78 Å². The van der Waals surface area contributed by atoms with E-state index in [1.807, 2.05) is 12.3 Å². The Balaban J connectivity index is 2.51. The van der Waals surface area contributed by atoms with E-state index in [4.69, 9.17) is 0 Å².